The Morgan fingerprint density at radius 1 is 0.920 bits per heavy atom. The number of benzene rings is 2. The zero-order valence-corrected chi connectivity index (χ0v) is 14.5. The highest BCUT2D eigenvalue weighted by Gasteiger charge is 2.12. The maximum absolute atomic E-state index is 12.2. The molecule has 2 N–H and O–H groups in total. The van der Waals surface area contributed by atoms with Gasteiger partial charge in [-0.15, -0.1) is 0 Å². The highest BCUT2D eigenvalue weighted by atomic mass is 16.5. The van der Waals surface area contributed by atoms with Gasteiger partial charge in [-0.1, -0.05) is 12.1 Å². The van der Waals surface area contributed by atoms with E-state index in [1.54, 1.807) is 62.8 Å². The lowest BCUT2D eigenvalue weighted by atomic mass is 10.2. The minimum atomic E-state index is -0.228. The second kappa shape index (κ2) is 8.73. The van der Waals surface area contributed by atoms with Crippen molar-refractivity contribution in [2.45, 2.75) is 13.0 Å². The third-order valence-corrected chi connectivity index (χ3v) is 3.61. The van der Waals surface area contributed by atoms with Crippen LogP contribution >= 0.6 is 0 Å². The van der Waals surface area contributed by atoms with E-state index in [4.69, 9.17) is 9.47 Å². The topological polar surface area (TPSA) is 76.7 Å². The molecule has 1 atom stereocenters. The molecule has 0 aliphatic rings. The molecule has 132 valence electrons. The van der Waals surface area contributed by atoms with Crippen molar-refractivity contribution in [3.05, 3.63) is 59.7 Å². The van der Waals surface area contributed by atoms with Crippen molar-refractivity contribution in [2.24, 2.45) is 0 Å². The molecule has 6 nitrogen and oxygen atoms in total. The number of carbonyl (C=O) groups is 2. The molecule has 0 saturated heterocycles. The third kappa shape index (κ3) is 5.24. The van der Waals surface area contributed by atoms with Gasteiger partial charge in [0.25, 0.3) is 11.8 Å². The maximum atomic E-state index is 12.2. The van der Waals surface area contributed by atoms with Gasteiger partial charge in [0.2, 0.25) is 0 Å². The molecular weight excluding hydrogens is 320 g/mol. The van der Waals surface area contributed by atoms with Crippen molar-refractivity contribution in [1.29, 1.82) is 0 Å². The minimum Gasteiger partial charge on any atom is -0.497 e. The van der Waals surface area contributed by atoms with E-state index >= 15 is 0 Å². The standard InChI is InChI=1S/C19H22N2O4/c1-13(21-19(23)15-7-5-9-17(11-15)25-3)12-20-18(22)14-6-4-8-16(10-14)24-2/h4-11,13H,12H2,1-3H3,(H,20,22)(H,21,23). The molecule has 2 aromatic carbocycles. The van der Waals surface area contributed by atoms with Gasteiger partial charge < -0.3 is 20.1 Å². The number of amides is 2. The molecule has 0 saturated carbocycles. The lowest BCUT2D eigenvalue weighted by Gasteiger charge is -2.15. The molecule has 2 amide bonds. The summed E-state index contributed by atoms with van der Waals surface area (Å²) in [7, 11) is 3.10. The Hall–Kier alpha value is -3.02. The van der Waals surface area contributed by atoms with E-state index in [1.165, 1.54) is 0 Å². The summed E-state index contributed by atoms with van der Waals surface area (Å²) in [6.07, 6.45) is 0. The zero-order chi connectivity index (χ0) is 18.2. The second-order valence-electron chi connectivity index (χ2n) is 5.55. The summed E-state index contributed by atoms with van der Waals surface area (Å²) >= 11 is 0. The van der Waals surface area contributed by atoms with Crippen LogP contribution in [-0.4, -0.2) is 38.6 Å². The Morgan fingerprint density at radius 2 is 1.44 bits per heavy atom. The number of methoxy groups -OCH3 is 2. The molecule has 2 rings (SSSR count). The number of hydrogen-bond acceptors (Lipinski definition) is 4. The fourth-order valence-electron chi connectivity index (χ4n) is 2.23. The number of ether oxygens (including phenoxy) is 2. The number of nitrogens with one attached hydrogen (secondary N) is 2. The van der Waals surface area contributed by atoms with Crippen LogP contribution in [0.2, 0.25) is 0 Å². The highest BCUT2D eigenvalue weighted by Crippen LogP contribution is 2.13. The van der Waals surface area contributed by atoms with Crippen molar-refractivity contribution >= 4 is 11.8 Å². The lowest BCUT2D eigenvalue weighted by molar-refractivity contribution is 0.0912. The van der Waals surface area contributed by atoms with Crippen molar-refractivity contribution in [3.8, 4) is 11.5 Å². The Balaban J connectivity index is 1.88. The highest BCUT2D eigenvalue weighted by molar-refractivity contribution is 5.95. The van der Waals surface area contributed by atoms with Crippen molar-refractivity contribution in [2.75, 3.05) is 20.8 Å². The molecule has 1 unspecified atom stereocenters. The molecule has 2 aromatic rings. The first-order chi connectivity index (χ1) is 12.0. The van der Waals surface area contributed by atoms with E-state index in [9.17, 15) is 9.59 Å². The van der Waals surface area contributed by atoms with Gasteiger partial charge in [0.05, 0.1) is 14.2 Å². The molecule has 6 heteroatoms. The molecular formula is C19H22N2O4. The zero-order valence-electron chi connectivity index (χ0n) is 14.5. The van der Waals surface area contributed by atoms with Crippen LogP contribution in [0.5, 0.6) is 11.5 Å². The van der Waals surface area contributed by atoms with Crippen LogP contribution < -0.4 is 20.1 Å². The molecule has 0 spiro atoms. The molecule has 0 aliphatic heterocycles. The first-order valence-electron chi connectivity index (χ1n) is 7.90. The van der Waals surface area contributed by atoms with Crippen LogP contribution in [0.1, 0.15) is 27.6 Å². The third-order valence-electron chi connectivity index (χ3n) is 3.61. The Kier molecular flexibility index (Phi) is 6.39. The Bertz CT molecular complexity index is 746. The predicted molar refractivity (Wildman–Crippen MR) is 95.2 cm³/mol. The summed E-state index contributed by atoms with van der Waals surface area (Å²) < 4.78 is 10.2. The summed E-state index contributed by atoms with van der Waals surface area (Å²) in [5.74, 6) is 0.794. The van der Waals surface area contributed by atoms with E-state index < -0.39 is 0 Å². The van der Waals surface area contributed by atoms with Crippen molar-refractivity contribution in [1.82, 2.24) is 10.6 Å². The van der Waals surface area contributed by atoms with Gasteiger partial charge in [-0.05, 0) is 43.3 Å². The summed E-state index contributed by atoms with van der Waals surface area (Å²) in [6.45, 7) is 2.13. The van der Waals surface area contributed by atoms with E-state index in [0.717, 1.165) is 0 Å². The SMILES string of the molecule is COc1cccc(C(=O)NCC(C)NC(=O)c2cccc(OC)c2)c1. The minimum absolute atomic E-state index is 0.220. The van der Waals surface area contributed by atoms with Gasteiger partial charge in [0.15, 0.2) is 0 Å². The average molecular weight is 342 g/mol. The average Bonchev–Trinajstić information content (AvgIpc) is 2.66. The largest absolute Gasteiger partial charge is 0.497 e. The molecule has 0 aliphatic carbocycles. The predicted octanol–water partition coefficient (Wildman–Crippen LogP) is 2.25. The number of carbonyl (C=O) groups excluding carboxylic acids is 2. The van der Waals surface area contributed by atoms with Gasteiger partial charge in [-0.25, -0.2) is 0 Å². The molecule has 0 heterocycles. The quantitative estimate of drug-likeness (QED) is 0.809. The lowest BCUT2D eigenvalue weighted by Crippen LogP contribution is -2.41. The van der Waals surface area contributed by atoms with Crippen LogP contribution in [0.15, 0.2) is 48.5 Å². The van der Waals surface area contributed by atoms with E-state index in [1.807, 2.05) is 6.92 Å². The monoisotopic (exact) mass is 342 g/mol. The van der Waals surface area contributed by atoms with Gasteiger partial charge in [-0.3, -0.25) is 9.59 Å². The van der Waals surface area contributed by atoms with Gasteiger partial charge in [0, 0.05) is 23.7 Å². The summed E-state index contributed by atoms with van der Waals surface area (Å²) in [5.41, 5.74) is 1.01. The van der Waals surface area contributed by atoms with E-state index in [0.29, 0.717) is 29.2 Å². The van der Waals surface area contributed by atoms with Gasteiger partial charge in [0.1, 0.15) is 11.5 Å². The molecule has 25 heavy (non-hydrogen) atoms. The number of rotatable bonds is 7. The molecule has 0 bridgehead atoms. The van der Waals surface area contributed by atoms with Crippen LogP contribution in [0.4, 0.5) is 0 Å². The van der Waals surface area contributed by atoms with Crippen molar-refractivity contribution < 1.29 is 19.1 Å². The molecule has 0 fully saturated rings. The van der Waals surface area contributed by atoms with Crippen molar-refractivity contribution in [3.63, 3.8) is 0 Å². The molecule has 0 radical (unpaired) electrons. The maximum Gasteiger partial charge on any atom is 0.251 e. The summed E-state index contributed by atoms with van der Waals surface area (Å²) in [6, 6.07) is 13.6. The van der Waals surface area contributed by atoms with Crippen LogP contribution in [-0.2, 0) is 0 Å². The first-order valence-corrected chi connectivity index (χ1v) is 7.90. The summed E-state index contributed by atoms with van der Waals surface area (Å²) in [5, 5.41) is 5.64. The molecule has 0 aromatic heterocycles. The van der Waals surface area contributed by atoms with Gasteiger partial charge in [-0.2, -0.15) is 0 Å². The van der Waals surface area contributed by atoms with Gasteiger partial charge >= 0.3 is 0 Å². The van der Waals surface area contributed by atoms with Crippen LogP contribution in [0, 0.1) is 0 Å². The van der Waals surface area contributed by atoms with E-state index in [2.05, 4.69) is 10.6 Å². The number of hydrogen-bond donors (Lipinski definition) is 2. The fourth-order valence-corrected chi connectivity index (χ4v) is 2.23. The Labute approximate surface area is 147 Å². The normalized spacial score (nSPS) is 11.3. The summed E-state index contributed by atoms with van der Waals surface area (Å²) in [4.78, 5) is 24.4. The smallest absolute Gasteiger partial charge is 0.251 e. The van der Waals surface area contributed by atoms with Crippen LogP contribution in [0.3, 0.4) is 0 Å². The first kappa shape index (κ1) is 18.3. The van der Waals surface area contributed by atoms with Crippen LogP contribution in [0.25, 0.3) is 0 Å². The Morgan fingerprint density at radius 3 is 1.96 bits per heavy atom. The second-order valence-corrected chi connectivity index (χ2v) is 5.55. The fraction of sp³-hybridized carbons (Fsp3) is 0.263. The van der Waals surface area contributed by atoms with E-state index in [-0.39, 0.29) is 17.9 Å².